The fourth-order valence-corrected chi connectivity index (χ4v) is 4.08. The van der Waals surface area contributed by atoms with Crippen molar-refractivity contribution in [2.24, 2.45) is 5.10 Å². The van der Waals surface area contributed by atoms with Gasteiger partial charge in [0.05, 0.1) is 12.5 Å². The van der Waals surface area contributed by atoms with Gasteiger partial charge >= 0.3 is 5.97 Å². The summed E-state index contributed by atoms with van der Waals surface area (Å²) in [5.74, 6) is 0.198. The van der Waals surface area contributed by atoms with Crippen molar-refractivity contribution in [1.29, 1.82) is 0 Å². The molecule has 3 aromatic rings. The van der Waals surface area contributed by atoms with E-state index in [2.05, 4.69) is 52.5 Å². The number of aromatic nitrogens is 2. The minimum Gasteiger partial charge on any atom is -0.481 e. The van der Waals surface area contributed by atoms with Crippen LogP contribution in [0.25, 0.3) is 11.4 Å². The molecule has 172 valence electrons. The first-order chi connectivity index (χ1) is 16.1. The molecule has 0 saturated carbocycles. The van der Waals surface area contributed by atoms with E-state index < -0.39 is 5.97 Å². The molecule has 1 atom stereocenters. The Balaban J connectivity index is 1.48. The van der Waals surface area contributed by atoms with Crippen molar-refractivity contribution in [2.45, 2.75) is 45.7 Å². The number of carboxylic acid groups (broad SMARTS) is 1. The van der Waals surface area contributed by atoms with E-state index in [1.165, 1.54) is 11.1 Å². The summed E-state index contributed by atoms with van der Waals surface area (Å²) in [6.45, 7) is 6.05. The highest BCUT2D eigenvalue weighted by Gasteiger charge is 2.30. The summed E-state index contributed by atoms with van der Waals surface area (Å²) in [7, 11) is 0. The van der Waals surface area contributed by atoms with E-state index in [9.17, 15) is 4.79 Å². The molecule has 33 heavy (non-hydrogen) atoms. The van der Waals surface area contributed by atoms with Crippen LogP contribution in [0.3, 0.4) is 0 Å². The van der Waals surface area contributed by atoms with Gasteiger partial charge in [-0.1, -0.05) is 54.5 Å². The van der Waals surface area contributed by atoms with Gasteiger partial charge in [-0.25, -0.2) is 0 Å². The highest BCUT2D eigenvalue weighted by atomic mass is 16.5. The van der Waals surface area contributed by atoms with Gasteiger partial charge in [0.2, 0.25) is 5.82 Å². The van der Waals surface area contributed by atoms with Gasteiger partial charge in [-0.3, -0.25) is 9.80 Å². The lowest BCUT2D eigenvalue weighted by molar-refractivity contribution is -0.136. The predicted octanol–water partition coefficient (Wildman–Crippen LogP) is 4.03. The SMILES string of the molecule is CCc1cc(-c2noc(C3=NN(CC)C(c4ccccc4)C3)n2)ccc1CNCCC(=O)O. The number of aliphatic carboxylic acids is 1. The van der Waals surface area contributed by atoms with E-state index >= 15 is 0 Å². The van der Waals surface area contributed by atoms with Gasteiger partial charge in [0.15, 0.2) is 0 Å². The molecule has 0 saturated heterocycles. The molecule has 1 aliphatic heterocycles. The lowest BCUT2D eigenvalue weighted by atomic mass is 10.0. The summed E-state index contributed by atoms with van der Waals surface area (Å²) in [5, 5.41) is 23.0. The number of hydrazone groups is 1. The fourth-order valence-electron chi connectivity index (χ4n) is 4.08. The molecule has 1 aliphatic rings. The average molecular weight is 448 g/mol. The first-order valence-electron chi connectivity index (χ1n) is 11.4. The van der Waals surface area contributed by atoms with E-state index in [4.69, 9.17) is 14.7 Å². The second-order valence-electron chi connectivity index (χ2n) is 8.01. The van der Waals surface area contributed by atoms with Crippen molar-refractivity contribution in [2.75, 3.05) is 13.1 Å². The van der Waals surface area contributed by atoms with Crippen molar-refractivity contribution >= 4 is 11.7 Å². The number of carbonyl (C=O) groups is 1. The van der Waals surface area contributed by atoms with Crippen molar-refractivity contribution in [3.05, 3.63) is 71.1 Å². The maximum atomic E-state index is 10.7. The molecule has 2 heterocycles. The topological polar surface area (TPSA) is 104 Å². The number of nitrogens with one attached hydrogen (secondary N) is 1. The van der Waals surface area contributed by atoms with Gasteiger partial charge < -0.3 is 14.9 Å². The van der Waals surface area contributed by atoms with E-state index in [1.807, 2.05) is 30.3 Å². The van der Waals surface area contributed by atoms with E-state index in [1.54, 1.807) is 0 Å². The first kappa shape index (κ1) is 22.7. The molecule has 0 bridgehead atoms. The molecule has 8 nitrogen and oxygen atoms in total. The summed E-state index contributed by atoms with van der Waals surface area (Å²) in [5.41, 5.74) is 5.22. The molecule has 0 amide bonds. The van der Waals surface area contributed by atoms with Crippen molar-refractivity contribution in [3.63, 3.8) is 0 Å². The first-order valence-corrected chi connectivity index (χ1v) is 11.4. The number of nitrogens with zero attached hydrogens (tertiary/aromatic N) is 4. The molecular formula is C25H29N5O3. The Bertz CT molecular complexity index is 1130. The Morgan fingerprint density at radius 2 is 2.00 bits per heavy atom. The fraction of sp³-hybridized carbons (Fsp3) is 0.360. The lowest BCUT2D eigenvalue weighted by Gasteiger charge is -2.21. The molecule has 8 heteroatoms. The number of hydrogen-bond donors (Lipinski definition) is 2. The quantitative estimate of drug-likeness (QED) is 0.452. The molecule has 0 spiro atoms. The van der Waals surface area contributed by atoms with Gasteiger partial charge in [-0.15, -0.1) is 0 Å². The third kappa shape index (κ3) is 5.28. The molecule has 4 rings (SSSR count). The molecule has 1 aromatic heterocycles. The second-order valence-corrected chi connectivity index (χ2v) is 8.01. The number of rotatable bonds is 10. The van der Waals surface area contributed by atoms with Gasteiger partial charge in [0.25, 0.3) is 5.89 Å². The molecule has 0 aliphatic carbocycles. The molecule has 2 N–H and O–H groups in total. The molecule has 1 unspecified atom stereocenters. The van der Waals surface area contributed by atoms with Crippen molar-refractivity contribution < 1.29 is 14.4 Å². The minimum atomic E-state index is -0.800. The van der Waals surface area contributed by atoms with Gasteiger partial charge in [-0.2, -0.15) is 10.1 Å². The van der Waals surface area contributed by atoms with Crippen LogP contribution in [0.2, 0.25) is 0 Å². The van der Waals surface area contributed by atoms with Crippen LogP contribution in [0, 0.1) is 0 Å². The van der Waals surface area contributed by atoms with Crippen LogP contribution < -0.4 is 5.32 Å². The Morgan fingerprint density at radius 3 is 2.73 bits per heavy atom. The average Bonchev–Trinajstić information content (AvgIpc) is 3.50. The Hall–Kier alpha value is -3.52. The molecule has 0 radical (unpaired) electrons. The van der Waals surface area contributed by atoms with E-state index in [-0.39, 0.29) is 12.5 Å². The van der Waals surface area contributed by atoms with Gasteiger partial charge in [0, 0.05) is 31.6 Å². The van der Waals surface area contributed by atoms with Crippen LogP contribution in [-0.4, -0.2) is 45.0 Å². The summed E-state index contributed by atoms with van der Waals surface area (Å²) in [4.78, 5) is 15.3. The molecular weight excluding hydrogens is 418 g/mol. The number of hydrogen-bond acceptors (Lipinski definition) is 7. The minimum absolute atomic E-state index is 0.107. The third-order valence-electron chi connectivity index (χ3n) is 5.85. The highest BCUT2D eigenvalue weighted by Crippen LogP contribution is 2.32. The van der Waals surface area contributed by atoms with Crippen molar-refractivity contribution in [3.8, 4) is 11.4 Å². The zero-order chi connectivity index (χ0) is 23.2. The van der Waals surface area contributed by atoms with Crippen LogP contribution in [0.15, 0.2) is 58.2 Å². The van der Waals surface area contributed by atoms with Gasteiger partial charge in [0.1, 0.15) is 5.71 Å². The second kappa shape index (κ2) is 10.4. The maximum Gasteiger partial charge on any atom is 0.304 e. The highest BCUT2D eigenvalue weighted by molar-refractivity contribution is 5.98. The van der Waals surface area contributed by atoms with Crippen LogP contribution in [0.4, 0.5) is 0 Å². The zero-order valence-corrected chi connectivity index (χ0v) is 19.0. The van der Waals surface area contributed by atoms with E-state index in [0.717, 1.165) is 36.2 Å². The Morgan fingerprint density at radius 1 is 1.18 bits per heavy atom. The van der Waals surface area contributed by atoms with Gasteiger partial charge in [-0.05, 0) is 36.1 Å². The Kier molecular flexibility index (Phi) is 7.14. The van der Waals surface area contributed by atoms with Crippen molar-refractivity contribution in [1.82, 2.24) is 20.5 Å². The zero-order valence-electron chi connectivity index (χ0n) is 19.0. The van der Waals surface area contributed by atoms with Crippen LogP contribution in [0.5, 0.6) is 0 Å². The molecule has 2 aromatic carbocycles. The molecule has 0 fully saturated rings. The Labute approximate surface area is 193 Å². The number of aryl methyl sites for hydroxylation is 1. The predicted molar refractivity (Wildman–Crippen MR) is 126 cm³/mol. The standard InChI is InChI=1S/C25H29N5O3/c1-3-17-14-19(10-11-20(17)16-26-13-12-23(31)32)24-27-25(33-29-24)21-15-22(30(4-2)28-21)18-8-6-5-7-9-18/h5-11,14,22,26H,3-4,12-13,15-16H2,1-2H3,(H,31,32). The third-order valence-corrected chi connectivity index (χ3v) is 5.85. The monoisotopic (exact) mass is 447 g/mol. The van der Waals surface area contributed by atoms with Crippen LogP contribution in [0.1, 0.15) is 55.3 Å². The van der Waals surface area contributed by atoms with Crippen LogP contribution >= 0.6 is 0 Å². The summed E-state index contributed by atoms with van der Waals surface area (Å²) in [6, 6.07) is 16.6. The summed E-state index contributed by atoms with van der Waals surface area (Å²) in [6.07, 6.45) is 1.68. The van der Waals surface area contributed by atoms with Crippen LogP contribution in [-0.2, 0) is 17.8 Å². The summed E-state index contributed by atoms with van der Waals surface area (Å²) < 4.78 is 5.60. The normalized spacial score (nSPS) is 15.6. The maximum absolute atomic E-state index is 10.7. The number of carboxylic acids is 1. The van der Waals surface area contributed by atoms with E-state index in [0.29, 0.717) is 24.8 Å². The largest absolute Gasteiger partial charge is 0.481 e. The number of benzene rings is 2. The lowest BCUT2D eigenvalue weighted by Crippen LogP contribution is -2.18. The smallest absolute Gasteiger partial charge is 0.304 e. The summed E-state index contributed by atoms with van der Waals surface area (Å²) >= 11 is 0.